The van der Waals surface area contributed by atoms with Gasteiger partial charge in [0.25, 0.3) is 0 Å². The van der Waals surface area contributed by atoms with Crippen LogP contribution in [0, 0.1) is 0 Å². The molecule has 2 aromatic carbocycles. The Morgan fingerprint density at radius 3 is 2.45 bits per heavy atom. The summed E-state index contributed by atoms with van der Waals surface area (Å²) in [5.41, 5.74) is 0.784. The van der Waals surface area contributed by atoms with Crippen LogP contribution >= 0.6 is 23.2 Å². The molecule has 1 N–H and O–H groups in total. The van der Waals surface area contributed by atoms with E-state index in [9.17, 15) is 18.0 Å². The number of hydrogen-bond donors (Lipinski definition) is 1. The van der Waals surface area contributed by atoms with Crippen molar-refractivity contribution in [3.8, 4) is 11.5 Å². The van der Waals surface area contributed by atoms with Crippen molar-refractivity contribution in [1.82, 2.24) is 10.2 Å². The highest BCUT2D eigenvalue weighted by Crippen LogP contribution is 2.36. The Labute approximate surface area is 202 Å². The van der Waals surface area contributed by atoms with Crippen molar-refractivity contribution >= 4 is 50.7 Å². The molecule has 9 nitrogen and oxygen atoms in total. The van der Waals surface area contributed by atoms with Crippen LogP contribution in [-0.4, -0.2) is 57.8 Å². The van der Waals surface area contributed by atoms with Crippen molar-refractivity contribution in [2.24, 2.45) is 0 Å². The van der Waals surface area contributed by atoms with Crippen LogP contribution in [0.2, 0.25) is 10.0 Å². The van der Waals surface area contributed by atoms with Crippen LogP contribution in [0.25, 0.3) is 0 Å². The van der Waals surface area contributed by atoms with Crippen molar-refractivity contribution in [1.29, 1.82) is 0 Å². The highest BCUT2D eigenvalue weighted by atomic mass is 35.5. The molecule has 12 heteroatoms. The van der Waals surface area contributed by atoms with Gasteiger partial charge in [0.2, 0.25) is 28.6 Å². The number of nitrogens with zero attached hydrogens (tertiary/aromatic N) is 2. The molecule has 0 aliphatic carbocycles. The fourth-order valence-corrected chi connectivity index (χ4v) is 4.59. The van der Waals surface area contributed by atoms with Gasteiger partial charge in [-0.3, -0.25) is 13.9 Å². The van der Waals surface area contributed by atoms with Crippen molar-refractivity contribution in [2.45, 2.75) is 19.5 Å². The highest BCUT2D eigenvalue weighted by Gasteiger charge is 2.30. The Morgan fingerprint density at radius 2 is 1.82 bits per heavy atom. The molecule has 1 atom stereocenters. The molecule has 2 aromatic rings. The van der Waals surface area contributed by atoms with Gasteiger partial charge in [-0.15, -0.1) is 0 Å². The van der Waals surface area contributed by atoms with Gasteiger partial charge in [0.05, 0.1) is 11.9 Å². The summed E-state index contributed by atoms with van der Waals surface area (Å²) in [4.78, 5) is 27.0. The first-order chi connectivity index (χ1) is 15.5. The summed E-state index contributed by atoms with van der Waals surface area (Å²) < 4.78 is 36.7. The number of halogens is 2. The molecular weight excluding hydrogens is 493 g/mol. The number of anilines is 1. The number of carbonyl (C=O) groups is 2. The van der Waals surface area contributed by atoms with E-state index in [2.05, 4.69) is 5.32 Å². The molecule has 0 fully saturated rings. The van der Waals surface area contributed by atoms with Gasteiger partial charge in [-0.1, -0.05) is 29.3 Å². The molecule has 0 spiro atoms. The van der Waals surface area contributed by atoms with Gasteiger partial charge in [0.1, 0.15) is 12.6 Å². The molecular formula is C21H23Cl2N3O6S. The zero-order valence-corrected chi connectivity index (χ0v) is 20.5. The van der Waals surface area contributed by atoms with E-state index >= 15 is 0 Å². The first kappa shape index (κ1) is 24.9. The van der Waals surface area contributed by atoms with Crippen molar-refractivity contribution in [3.05, 3.63) is 52.0 Å². The summed E-state index contributed by atoms with van der Waals surface area (Å²) in [6, 6.07) is 8.47. The maximum Gasteiger partial charge on any atom is 0.244 e. The third-order valence-electron chi connectivity index (χ3n) is 5.09. The normalized spacial score (nSPS) is 13.4. The van der Waals surface area contributed by atoms with Crippen molar-refractivity contribution in [3.63, 3.8) is 0 Å². The second-order valence-corrected chi connectivity index (χ2v) is 10.1. The predicted octanol–water partition coefficient (Wildman–Crippen LogP) is 2.65. The lowest BCUT2D eigenvalue weighted by molar-refractivity contribution is -0.139. The minimum absolute atomic E-state index is 0.0237. The Bertz CT molecular complexity index is 1170. The second-order valence-electron chi connectivity index (χ2n) is 7.35. The molecule has 33 heavy (non-hydrogen) atoms. The lowest BCUT2D eigenvalue weighted by atomic mass is 10.1. The lowest BCUT2D eigenvalue weighted by Crippen LogP contribution is -2.50. The van der Waals surface area contributed by atoms with Gasteiger partial charge in [-0.25, -0.2) is 8.42 Å². The summed E-state index contributed by atoms with van der Waals surface area (Å²) in [7, 11) is -2.41. The van der Waals surface area contributed by atoms with E-state index in [0.717, 1.165) is 10.6 Å². The van der Waals surface area contributed by atoms with Gasteiger partial charge < -0.3 is 19.7 Å². The largest absolute Gasteiger partial charge is 0.454 e. The number of fused-ring (bicyclic) bond motifs is 1. The molecule has 0 radical (unpaired) electrons. The van der Waals surface area contributed by atoms with E-state index in [-0.39, 0.29) is 19.0 Å². The van der Waals surface area contributed by atoms with Crippen molar-refractivity contribution < 1.29 is 27.5 Å². The number of ether oxygens (including phenoxy) is 2. The van der Waals surface area contributed by atoms with E-state index in [0.29, 0.717) is 27.1 Å². The Balaban J connectivity index is 1.93. The van der Waals surface area contributed by atoms with E-state index in [4.69, 9.17) is 32.7 Å². The maximum atomic E-state index is 13.4. The summed E-state index contributed by atoms with van der Waals surface area (Å²) in [6.07, 6.45) is 0.993. The van der Waals surface area contributed by atoms with E-state index in [1.807, 2.05) is 0 Å². The monoisotopic (exact) mass is 515 g/mol. The summed E-state index contributed by atoms with van der Waals surface area (Å²) in [5, 5.41) is 3.25. The van der Waals surface area contributed by atoms with Gasteiger partial charge in [-0.2, -0.15) is 0 Å². The third kappa shape index (κ3) is 5.82. The zero-order valence-electron chi connectivity index (χ0n) is 18.2. The molecule has 0 bridgehead atoms. The Morgan fingerprint density at radius 1 is 1.12 bits per heavy atom. The third-order valence-corrected chi connectivity index (χ3v) is 6.82. The van der Waals surface area contributed by atoms with Gasteiger partial charge in [-0.05, 0) is 36.8 Å². The minimum atomic E-state index is -3.86. The summed E-state index contributed by atoms with van der Waals surface area (Å²) >= 11 is 12.2. The molecule has 0 aromatic heterocycles. The number of hydrogen-bond acceptors (Lipinski definition) is 6. The minimum Gasteiger partial charge on any atom is -0.454 e. The molecule has 2 amide bonds. The average molecular weight is 516 g/mol. The number of amides is 2. The van der Waals surface area contributed by atoms with Crippen LogP contribution in [0.15, 0.2) is 36.4 Å². The van der Waals surface area contributed by atoms with Gasteiger partial charge >= 0.3 is 0 Å². The molecule has 1 heterocycles. The predicted molar refractivity (Wildman–Crippen MR) is 125 cm³/mol. The standard InChI is InChI=1S/C21H23Cl2N3O6S/c1-13(21(28)24-2)25(10-14-4-5-15(22)8-17(14)23)20(27)11-26(33(3,29)30)16-6-7-18-19(9-16)32-12-31-18/h4-9,13H,10-12H2,1-3H3,(H,24,28). The topological polar surface area (TPSA) is 105 Å². The van der Waals surface area contributed by atoms with Crippen LogP contribution in [0.3, 0.4) is 0 Å². The number of sulfonamides is 1. The number of nitrogens with one attached hydrogen (secondary N) is 1. The molecule has 1 aliphatic heterocycles. The quantitative estimate of drug-likeness (QED) is 0.579. The SMILES string of the molecule is CNC(=O)C(C)N(Cc1ccc(Cl)cc1Cl)C(=O)CN(c1ccc2c(c1)OCO2)S(C)(=O)=O. The van der Waals surface area contributed by atoms with Crippen LogP contribution in [0.5, 0.6) is 11.5 Å². The molecule has 178 valence electrons. The number of likely N-dealkylation sites (N-methyl/N-ethyl adjacent to an activating group) is 1. The summed E-state index contributed by atoms with van der Waals surface area (Å²) in [5.74, 6) is -0.162. The fourth-order valence-electron chi connectivity index (χ4n) is 3.28. The van der Waals surface area contributed by atoms with Gasteiger partial charge in [0.15, 0.2) is 11.5 Å². The Kier molecular flexibility index (Phi) is 7.61. The van der Waals surface area contributed by atoms with Crippen LogP contribution in [0.1, 0.15) is 12.5 Å². The summed E-state index contributed by atoms with van der Waals surface area (Å²) in [6.45, 7) is 1.01. The van der Waals surface area contributed by atoms with Crippen LogP contribution in [-0.2, 0) is 26.2 Å². The fraction of sp³-hybridized carbons (Fsp3) is 0.333. The lowest BCUT2D eigenvalue weighted by Gasteiger charge is -2.31. The molecule has 0 saturated carbocycles. The number of carbonyl (C=O) groups excluding carboxylic acids is 2. The van der Waals surface area contributed by atoms with Gasteiger partial charge in [0, 0.05) is 29.7 Å². The maximum absolute atomic E-state index is 13.4. The molecule has 0 saturated heterocycles. The highest BCUT2D eigenvalue weighted by molar-refractivity contribution is 7.92. The van der Waals surface area contributed by atoms with E-state index in [1.54, 1.807) is 25.1 Å². The number of rotatable bonds is 8. The second kappa shape index (κ2) is 10.1. The molecule has 1 unspecified atom stereocenters. The molecule has 1 aliphatic rings. The van der Waals surface area contributed by atoms with Crippen LogP contribution < -0.4 is 19.1 Å². The number of benzene rings is 2. The average Bonchev–Trinajstić information content (AvgIpc) is 3.22. The van der Waals surface area contributed by atoms with E-state index < -0.39 is 34.4 Å². The van der Waals surface area contributed by atoms with E-state index in [1.165, 1.54) is 30.1 Å². The smallest absolute Gasteiger partial charge is 0.244 e. The first-order valence-electron chi connectivity index (χ1n) is 9.83. The first-order valence-corrected chi connectivity index (χ1v) is 12.4. The molecule has 3 rings (SSSR count). The van der Waals surface area contributed by atoms with Crippen LogP contribution in [0.4, 0.5) is 5.69 Å². The Hall–Kier alpha value is -2.69. The zero-order chi connectivity index (χ0) is 24.3. The van der Waals surface area contributed by atoms with Crippen molar-refractivity contribution in [2.75, 3.05) is 30.9 Å².